The Hall–Kier alpha value is -0.950. The number of halogens is 2. The van der Waals surface area contributed by atoms with E-state index < -0.39 is 10.0 Å². The summed E-state index contributed by atoms with van der Waals surface area (Å²) in [5.41, 5.74) is 0.588. The van der Waals surface area contributed by atoms with Crippen molar-refractivity contribution in [3.8, 4) is 0 Å². The first-order chi connectivity index (χ1) is 9.38. The highest BCUT2D eigenvalue weighted by atomic mass is 79.9. The van der Waals surface area contributed by atoms with E-state index in [4.69, 9.17) is 23.8 Å². The van der Waals surface area contributed by atoms with E-state index in [0.717, 1.165) is 4.47 Å². The van der Waals surface area contributed by atoms with Crippen LogP contribution in [0, 0.1) is 0 Å². The predicted octanol–water partition coefficient (Wildman–Crippen LogP) is 3.76. The summed E-state index contributed by atoms with van der Waals surface area (Å²) in [6, 6.07) is 12.9. The van der Waals surface area contributed by atoms with E-state index >= 15 is 0 Å². The second-order valence-electron chi connectivity index (χ2n) is 3.90. The molecule has 0 aromatic heterocycles. The zero-order chi connectivity index (χ0) is 14.8. The van der Waals surface area contributed by atoms with Crippen molar-refractivity contribution >= 4 is 54.8 Å². The maximum Gasteiger partial charge on any atom is 0.262 e. The van der Waals surface area contributed by atoms with Crippen molar-refractivity contribution in [1.29, 1.82) is 0 Å². The molecule has 0 saturated heterocycles. The molecule has 0 atom stereocenters. The van der Waals surface area contributed by atoms with E-state index in [1.807, 2.05) is 0 Å². The van der Waals surface area contributed by atoms with Gasteiger partial charge in [-0.2, -0.15) is 0 Å². The van der Waals surface area contributed by atoms with Crippen molar-refractivity contribution in [2.45, 2.75) is 4.90 Å². The average molecular weight is 391 g/mol. The third kappa shape index (κ3) is 3.79. The molecule has 0 fully saturated rings. The quantitative estimate of drug-likeness (QED) is 0.812. The van der Waals surface area contributed by atoms with E-state index in [1.54, 1.807) is 36.4 Å². The highest BCUT2D eigenvalue weighted by Gasteiger charge is 2.16. The Morgan fingerprint density at radius 1 is 1.05 bits per heavy atom. The van der Waals surface area contributed by atoms with E-state index in [-0.39, 0.29) is 9.88 Å². The van der Waals surface area contributed by atoms with Gasteiger partial charge in [-0.1, -0.05) is 51.9 Å². The van der Waals surface area contributed by atoms with Gasteiger partial charge in [0.1, 0.15) is 4.99 Å². The molecule has 0 bridgehead atoms. The van der Waals surface area contributed by atoms with Crippen molar-refractivity contribution in [3.63, 3.8) is 0 Å². The SMILES string of the molecule is O=S(=O)(NC(=S)c1ccc(Cl)cc1)c1ccc(Br)cc1. The van der Waals surface area contributed by atoms with E-state index in [0.29, 0.717) is 10.6 Å². The number of benzene rings is 2. The highest BCUT2D eigenvalue weighted by Crippen LogP contribution is 2.15. The molecule has 20 heavy (non-hydrogen) atoms. The molecule has 0 aliphatic rings. The van der Waals surface area contributed by atoms with E-state index in [1.165, 1.54) is 12.1 Å². The van der Waals surface area contributed by atoms with Crippen LogP contribution in [0.5, 0.6) is 0 Å². The third-order valence-corrected chi connectivity index (χ3v) is 5.07. The van der Waals surface area contributed by atoms with Gasteiger partial charge in [-0.15, -0.1) is 0 Å². The second-order valence-corrected chi connectivity index (χ2v) is 7.34. The predicted molar refractivity (Wildman–Crippen MR) is 87.6 cm³/mol. The van der Waals surface area contributed by atoms with Crippen LogP contribution in [0.1, 0.15) is 5.56 Å². The minimum Gasteiger partial charge on any atom is -0.269 e. The fourth-order valence-corrected chi connectivity index (χ4v) is 3.28. The van der Waals surface area contributed by atoms with Gasteiger partial charge in [-0.05, 0) is 36.4 Å². The van der Waals surface area contributed by atoms with Gasteiger partial charge in [-0.3, -0.25) is 4.72 Å². The molecule has 2 aromatic carbocycles. The smallest absolute Gasteiger partial charge is 0.262 e. The molecule has 2 aromatic rings. The highest BCUT2D eigenvalue weighted by molar-refractivity contribution is 9.10. The molecule has 0 amide bonds. The number of rotatable bonds is 3. The second kappa shape index (κ2) is 6.22. The maximum atomic E-state index is 12.2. The van der Waals surface area contributed by atoms with Crippen LogP contribution in [0.3, 0.4) is 0 Å². The number of hydrogen-bond donors (Lipinski definition) is 1. The average Bonchev–Trinajstić information content (AvgIpc) is 2.39. The summed E-state index contributed by atoms with van der Waals surface area (Å²) >= 11 is 14.1. The fraction of sp³-hybridized carbons (Fsp3) is 0. The molecule has 0 saturated carbocycles. The zero-order valence-electron chi connectivity index (χ0n) is 10.0. The summed E-state index contributed by atoms with van der Waals surface area (Å²) in [6.07, 6.45) is 0. The lowest BCUT2D eigenvalue weighted by molar-refractivity contribution is 0.593. The van der Waals surface area contributed by atoms with Gasteiger partial charge in [0.25, 0.3) is 10.0 Å². The molecule has 7 heteroatoms. The van der Waals surface area contributed by atoms with Crippen LogP contribution in [0.15, 0.2) is 57.9 Å². The molecular formula is C13H9BrClNO2S2. The minimum absolute atomic E-state index is 0.129. The number of hydrogen-bond acceptors (Lipinski definition) is 3. The van der Waals surface area contributed by atoms with Crippen LogP contribution in [0.2, 0.25) is 5.02 Å². The minimum atomic E-state index is -3.68. The van der Waals surface area contributed by atoms with Crippen LogP contribution in [0.25, 0.3) is 0 Å². The molecule has 1 N–H and O–H groups in total. The molecule has 2 rings (SSSR count). The summed E-state index contributed by atoms with van der Waals surface area (Å²) in [5, 5.41) is 0.562. The zero-order valence-corrected chi connectivity index (χ0v) is 14.0. The Labute approximate surface area is 136 Å². The maximum absolute atomic E-state index is 12.2. The first-order valence-corrected chi connectivity index (χ1v) is 8.53. The van der Waals surface area contributed by atoms with Gasteiger partial charge < -0.3 is 0 Å². The Morgan fingerprint density at radius 2 is 1.60 bits per heavy atom. The third-order valence-electron chi connectivity index (χ3n) is 2.46. The molecule has 0 radical (unpaired) electrons. The molecule has 0 aliphatic heterocycles. The van der Waals surface area contributed by atoms with Crippen LogP contribution >= 0.6 is 39.7 Å². The Bertz CT molecular complexity index is 728. The lowest BCUT2D eigenvalue weighted by Crippen LogP contribution is -2.29. The summed E-state index contributed by atoms with van der Waals surface area (Å²) in [5.74, 6) is 0. The van der Waals surface area contributed by atoms with E-state index in [2.05, 4.69) is 20.7 Å². The van der Waals surface area contributed by atoms with Gasteiger partial charge in [-0.25, -0.2) is 8.42 Å². The van der Waals surface area contributed by atoms with Crippen molar-refractivity contribution in [2.24, 2.45) is 0 Å². The monoisotopic (exact) mass is 389 g/mol. The van der Waals surface area contributed by atoms with Crippen LogP contribution in [0.4, 0.5) is 0 Å². The number of thiocarbonyl (C=S) groups is 1. The van der Waals surface area contributed by atoms with Gasteiger partial charge in [0, 0.05) is 15.1 Å². The molecule has 104 valence electrons. The lowest BCUT2D eigenvalue weighted by atomic mass is 10.2. The first-order valence-electron chi connectivity index (χ1n) is 5.47. The first kappa shape index (κ1) is 15.4. The van der Waals surface area contributed by atoms with Crippen molar-refractivity contribution in [1.82, 2.24) is 4.72 Å². The molecule has 0 unspecified atom stereocenters. The summed E-state index contributed by atoms with van der Waals surface area (Å²) in [7, 11) is -3.68. The fourth-order valence-electron chi connectivity index (χ4n) is 1.45. The molecule has 0 spiro atoms. The summed E-state index contributed by atoms with van der Waals surface area (Å²) in [6.45, 7) is 0. The van der Waals surface area contributed by atoms with Gasteiger partial charge in [0.05, 0.1) is 4.90 Å². The standard InChI is InChI=1S/C13H9BrClNO2S2/c14-10-3-7-12(8-4-10)20(17,18)16-13(19)9-1-5-11(15)6-2-9/h1-8H,(H,16,19). The lowest BCUT2D eigenvalue weighted by Gasteiger charge is -2.09. The number of sulfonamides is 1. The van der Waals surface area contributed by atoms with Crippen molar-refractivity contribution in [2.75, 3.05) is 0 Å². The van der Waals surface area contributed by atoms with E-state index in [9.17, 15) is 8.42 Å². The van der Waals surface area contributed by atoms with Gasteiger partial charge in [0.2, 0.25) is 0 Å². The van der Waals surface area contributed by atoms with Crippen LogP contribution in [-0.4, -0.2) is 13.4 Å². The normalized spacial score (nSPS) is 11.1. The Balaban J connectivity index is 2.22. The Morgan fingerprint density at radius 3 is 2.15 bits per heavy atom. The summed E-state index contributed by atoms with van der Waals surface area (Å²) in [4.78, 5) is 0.279. The molecular weight excluding hydrogens is 382 g/mol. The van der Waals surface area contributed by atoms with Gasteiger partial charge >= 0.3 is 0 Å². The topological polar surface area (TPSA) is 46.2 Å². The van der Waals surface area contributed by atoms with Crippen LogP contribution < -0.4 is 4.72 Å². The molecule has 0 heterocycles. The van der Waals surface area contributed by atoms with Crippen LogP contribution in [-0.2, 0) is 10.0 Å². The molecule has 0 aliphatic carbocycles. The number of nitrogens with one attached hydrogen (secondary N) is 1. The molecule has 3 nitrogen and oxygen atoms in total. The van der Waals surface area contributed by atoms with Gasteiger partial charge in [0.15, 0.2) is 0 Å². The van der Waals surface area contributed by atoms with Crippen molar-refractivity contribution < 1.29 is 8.42 Å². The largest absolute Gasteiger partial charge is 0.269 e. The Kier molecular flexibility index (Phi) is 4.80. The summed E-state index contributed by atoms with van der Waals surface area (Å²) < 4.78 is 27.5. The van der Waals surface area contributed by atoms with Crippen molar-refractivity contribution in [3.05, 3.63) is 63.6 Å².